The van der Waals surface area contributed by atoms with Gasteiger partial charge >= 0.3 is 0 Å². The van der Waals surface area contributed by atoms with Gasteiger partial charge in [-0.3, -0.25) is 10.1 Å². The van der Waals surface area contributed by atoms with Crippen LogP contribution in [0.1, 0.15) is 33.1 Å². The minimum Gasteiger partial charge on any atom is -0.314 e. The van der Waals surface area contributed by atoms with Crippen LogP contribution in [0.3, 0.4) is 0 Å². The van der Waals surface area contributed by atoms with E-state index in [0.29, 0.717) is 6.04 Å². The molecule has 1 rings (SSSR count). The molecule has 0 aliphatic heterocycles. The third kappa shape index (κ3) is 6.07. The number of nitrogens with one attached hydrogen (secondary N) is 1. The predicted molar refractivity (Wildman–Crippen MR) is 80.8 cm³/mol. The second-order valence-corrected chi connectivity index (χ2v) is 5.57. The number of hydrogen-bond donors (Lipinski definition) is 1. The van der Waals surface area contributed by atoms with Crippen molar-refractivity contribution in [2.45, 2.75) is 44.0 Å². The fourth-order valence-corrected chi connectivity index (χ4v) is 2.80. The maximum atomic E-state index is 10.5. The third-order valence-corrected chi connectivity index (χ3v) is 4.10. The maximum Gasteiger partial charge on any atom is 0.269 e. The maximum absolute atomic E-state index is 10.5. The van der Waals surface area contributed by atoms with Crippen LogP contribution in [0.15, 0.2) is 29.2 Å². The van der Waals surface area contributed by atoms with Crippen LogP contribution in [-0.4, -0.2) is 23.3 Å². The molecular formula is C14H22N2O2S. The summed E-state index contributed by atoms with van der Waals surface area (Å²) in [5, 5.41) is 14.0. The lowest BCUT2D eigenvalue weighted by Gasteiger charge is -2.15. The summed E-state index contributed by atoms with van der Waals surface area (Å²) < 4.78 is 0. The van der Waals surface area contributed by atoms with Gasteiger partial charge in [0.1, 0.15) is 0 Å². The molecule has 4 nitrogen and oxygen atoms in total. The fourth-order valence-electron chi connectivity index (χ4n) is 1.92. The van der Waals surface area contributed by atoms with Gasteiger partial charge in [-0.05, 0) is 43.7 Å². The number of nitro groups is 1. The number of thioether (sulfide) groups is 1. The van der Waals surface area contributed by atoms with Crippen LogP contribution in [0.4, 0.5) is 5.69 Å². The molecule has 0 amide bonds. The van der Waals surface area contributed by atoms with Gasteiger partial charge in [-0.25, -0.2) is 0 Å². The van der Waals surface area contributed by atoms with Gasteiger partial charge in [0.05, 0.1) is 4.92 Å². The van der Waals surface area contributed by atoms with Crippen LogP contribution < -0.4 is 5.32 Å². The van der Waals surface area contributed by atoms with Gasteiger partial charge in [0.2, 0.25) is 0 Å². The smallest absolute Gasteiger partial charge is 0.269 e. The topological polar surface area (TPSA) is 55.2 Å². The van der Waals surface area contributed by atoms with Crippen molar-refractivity contribution < 1.29 is 4.92 Å². The molecule has 0 saturated heterocycles. The fraction of sp³-hybridized carbons (Fsp3) is 0.571. The molecule has 1 aromatic rings. The van der Waals surface area contributed by atoms with E-state index in [1.807, 2.05) is 12.1 Å². The molecule has 0 radical (unpaired) electrons. The molecule has 0 aromatic heterocycles. The Kier molecular flexibility index (Phi) is 7.52. The second kappa shape index (κ2) is 8.93. The first-order valence-corrected chi connectivity index (χ1v) is 7.76. The van der Waals surface area contributed by atoms with E-state index in [4.69, 9.17) is 0 Å². The van der Waals surface area contributed by atoms with E-state index in [2.05, 4.69) is 19.2 Å². The number of hydrogen-bond acceptors (Lipinski definition) is 4. The molecule has 0 heterocycles. The quantitative estimate of drug-likeness (QED) is 0.323. The largest absolute Gasteiger partial charge is 0.314 e. The highest BCUT2D eigenvalue weighted by molar-refractivity contribution is 7.99. The van der Waals surface area contributed by atoms with Gasteiger partial charge in [0.25, 0.3) is 5.69 Å². The molecule has 5 heteroatoms. The van der Waals surface area contributed by atoms with Gasteiger partial charge in [0.15, 0.2) is 0 Å². The molecular weight excluding hydrogens is 260 g/mol. The van der Waals surface area contributed by atoms with Gasteiger partial charge in [0, 0.05) is 23.1 Å². The molecule has 106 valence electrons. The van der Waals surface area contributed by atoms with Crippen molar-refractivity contribution >= 4 is 17.4 Å². The van der Waals surface area contributed by atoms with Crippen molar-refractivity contribution in [3.8, 4) is 0 Å². The molecule has 1 N–H and O–H groups in total. The Bertz CT molecular complexity index is 382. The van der Waals surface area contributed by atoms with Crippen LogP contribution >= 0.6 is 11.8 Å². The highest BCUT2D eigenvalue weighted by Crippen LogP contribution is 2.22. The standard InChI is InChI=1S/C14H22N2O2S/c1-3-12(15-4-2)6-5-11-19-14-9-7-13(8-10-14)16(17)18/h7-10,12,15H,3-6,11H2,1-2H3. The predicted octanol–water partition coefficient (Wildman–Crippen LogP) is 3.86. The molecule has 0 spiro atoms. The zero-order valence-electron chi connectivity index (χ0n) is 11.6. The van der Waals surface area contributed by atoms with E-state index >= 15 is 0 Å². The molecule has 0 saturated carbocycles. The Morgan fingerprint density at radius 1 is 1.32 bits per heavy atom. The highest BCUT2D eigenvalue weighted by Gasteiger charge is 2.05. The monoisotopic (exact) mass is 282 g/mol. The number of rotatable bonds is 9. The molecule has 0 bridgehead atoms. The van der Waals surface area contributed by atoms with Crippen LogP contribution in [-0.2, 0) is 0 Å². The summed E-state index contributed by atoms with van der Waals surface area (Å²) in [6.07, 6.45) is 3.51. The number of non-ortho nitro benzene ring substituents is 1. The summed E-state index contributed by atoms with van der Waals surface area (Å²) in [5.41, 5.74) is 0.155. The van der Waals surface area contributed by atoms with Gasteiger partial charge in [-0.15, -0.1) is 11.8 Å². The average molecular weight is 282 g/mol. The number of nitrogens with zero attached hydrogens (tertiary/aromatic N) is 1. The molecule has 0 aliphatic rings. The minimum absolute atomic E-state index is 0.155. The van der Waals surface area contributed by atoms with E-state index in [9.17, 15) is 10.1 Å². The molecule has 0 fully saturated rings. The summed E-state index contributed by atoms with van der Waals surface area (Å²) in [7, 11) is 0. The van der Waals surface area contributed by atoms with Crippen molar-refractivity contribution in [1.29, 1.82) is 0 Å². The molecule has 1 atom stereocenters. The lowest BCUT2D eigenvalue weighted by Crippen LogP contribution is -2.28. The molecule has 1 aromatic carbocycles. The normalized spacial score (nSPS) is 12.3. The third-order valence-electron chi connectivity index (χ3n) is 3.00. The Hall–Kier alpha value is -1.07. The first kappa shape index (κ1) is 16.0. The zero-order valence-corrected chi connectivity index (χ0v) is 12.4. The summed E-state index contributed by atoms with van der Waals surface area (Å²) in [5.74, 6) is 1.06. The van der Waals surface area contributed by atoms with Crippen LogP contribution in [0, 0.1) is 10.1 Å². The van der Waals surface area contributed by atoms with E-state index in [0.717, 1.165) is 30.0 Å². The van der Waals surface area contributed by atoms with E-state index < -0.39 is 0 Å². The van der Waals surface area contributed by atoms with Gasteiger partial charge < -0.3 is 5.32 Å². The minimum atomic E-state index is -0.364. The lowest BCUT2D eigenvalue weighted by atomic mass is 10.1. The summed E-state index contributed by atoms with van der Waals surface area (Å²) in [6, 6.07) is 7.39. The molecule has 0 aliphatic carbocycles. The first-order chi connectivity index (χ1) is 9.17. The summed E-state index contributed by atoms with van der Waals surface area (Å²) in [6.45, 7) is 5.36. The zero-order chi connectivity index (χ0) is 14.1. The molecule has 1 unspecified atom stereocenters. The van der Waals surface area contributed by atoms with Crippen molar-refractivity contribution in [3.05, 3.63) is 34.4 Å². The average Bonchev–Trinajstić information content (AvgIpc) is 2.42. The Morgan fingerprint density at radius 3 is 2.53 bits per heavy atom. The lowest BCUT2D eigenvalue weighted by molar-refractivity contribution is -0.384. The van der Waals surface area contributed by atoms with Crippen LogP contribution in [0.25, 0.3) is 0 Å². The van der Waals surface area contributed by atoms with E-state index in [-0.39, 0.29) is 10.6 Å². The van der Waals surface area contributed by atoms with Crippen molar-refractivity contribution in [3.63, 3.8) is 0 Å². The Balaban J connectivity index is 2.27. The van der Waals surface area contributed by atoms with E-state index in [1.54, 1.807) is 23.9 Å². The Labute approximate surface area is 119 Å². The van der Waals surface area contributed by atoms with Gasteiger partial charge in [-0.1, -0.05) is 13.8 Å². The number of nitro benzene ring substituents is 1. The SMILES string of the molecule is CCNC(CC)CCCSc1ccc([N+](=O)[O-])cc1. The van der Waals surface area contributed by atoms with Crippen LogP contribution in [0.5, 0.6) is 0 Å². The highest BCUT2D eigenvalue weighted by atomic mass is 32.2. The van der Waals surface area contributed by atoms with Crippen molar-refractivity contribution in [2.24, 2.45) is 0 Å². The number of benzene rings is 1. The first-order valence-electron chi connectivity index (χ1n) is 6.78. The second-order valence-electron chi connectivity index (χ2n) is 4.40. The molecule has 19 heavy (non-hydrogen) atoms. The Morgan fingerprint density at radius 2 is 2.00 bits per heavy atom. The van der Waals surface area contributed by atoms with Crippen molar-refractivity contribution in [2.75, 3.05) is 12.3 Å². The van der Waals surface area contributed by atoms with E-state index in [1.165, 1.54) is 6.42 Å². The van der Waals surface area contributed by atoms with Crippen LogP contribution in [0.2, 0.25) is 0 Å². The summed E-state index contributed by atoms with van der Waals surface area (Å²) in [4.78, 5) is 11.3. The van der Waals surface area contributed by atoms with Gasteiger partial charge in [-0.2, -0.15) is 0 Å². The van der Waals surface area contributed by atoms with Crippen molar-refractivity contribution in [1.82, 2.24) is 5.32 Å². The summed E-state index contributed by atoms with van der Waals surface area (Å²) >= 11 is 1.76.